The van der Waals surface area contributed by atoms with Crippen LogP contribution in [0, 0.1) is 0 Å². The Balaban J connectivity index is 1.77. The first-order chi connectivity index (χ1) is 19.5. The highest BCUT2D eigenvalue weighted by Crippen LogP contribution is 2.29. The maximum absolute atomic E-state index is 13.2. The van der Waals surface area contributed by atoms with E-state index in [1.54, 1.807) is 30.3 Å². The highest BCUT2D eigenvalue weighted by molar-refractivity contribution is 5.99. The Morgan fingerprint density at radius 3 is 1.98 bits per heavy atom. The zero-order valence-electron chi connectivity index (χ0n) is 21.6. The van der Waals surface area contributed by atoms with E-state index in [9.17, 15) is 36.7 Å². The molecule has 0 aliphatic carbocycles. The van der Waals surface area contributed by atoms with Gasteiger partial charge in [-0.15, -0.1) is 0 Å². The van der Waals surface area contributed by atoms with Crippen molar-refractivity contribution in [2.24, 2.45) is 0 Å². The van der Waals surface area contributed by atoms with Gasteiger partial charge in [-0.3, -0.25) is 24.2 Å². The molecule has 1 saturated heterocycles. The highest BCUT2D eigenvalue weighted by atomic mass is 19.3. The molecular weight excluding hydrogens is 558 g/mol. The number of ether oxygens (including phenoxy) is 3. The number of nitrogens with one attached hydrogen (secondary N) is 3. The van der Waals surface area contributed by atoms with Crippen LogP contribution in [0.25, 0.3) is 0 Å². The van der Waals surface area contributed by atoms with E-state index in [1.165, 1.54) is 19.3 Å². The number of carbonyl (C=O) groups is 4. The highest BCUT2D eigenvalue weighted by Gasteiger charge is 2.50. The van der Waals surface area contributed by atoms with Crippen molar-refractivity contribution in [3.8, 4) is 0 Å². The van der Waals surface area contributed by atoms with E-state index in [4.69, 9.17) is 4.74 Å². The molecule has 2 heterocycles. The lowest BCUT2D eigenvalue weighted by atomic mass is 9.94. The summed E-state index contributed by atoms with van der Waals surface area (Å²) in [6.45, 7) is -7.14. The van der Waals surface area contributed by atoms with Crippen LogP contribution in [0.4, 0.5) is 17.6 Å². The number of benzene rings is 1. The maximum atomic E-state index is 13.2. The van der Waals surface area contributed by atoms with Crippen molar-refractivity contribution in [1.82, 2.24) is 25.9 Å². The number of rotatable bonds is 16. The Morgan fingerprint density at radius 2 is 1.46 bits per heavy atom. The molecule has 0 bridgehead atoms. The molecule has 12 nitrogen and oxygen atoms in total. The second-order valence-electron chi connectivity index (χ2n) is 9.00. The lowest BCUT2D eigenvalue weighted by molar-refractivity contribution is -0.152. The molecule has 1 aliphatic rings. The molecular formula is C25H27F4N5O7. The molecule has 1 aliphatic heterocycles. The molecule has 0 saturated carbocycles. The minimum atomic E-state index is -3.34. The first-order valence-corrected chi connectivity index (χ1v) is 12.2. The minimum Gasteiger partial charge on any atom is -0.361 e. The average molecular weight is 586 g/mol. The minimum absolute atomic E-state index is 0.0136. The third kappa shape index (κ3) is 9.84. The lowest BCUT2D eigenvalue weighted by Gasteiger charge is -2.25. The number of hydrogen-bond donors (Lipinski definition) is 3. The summed E-state index contributed by atoms with van der Waals surface area (Å²) in [6, 6.07) is 3.74. The van der Waals surface area contributed by atoms with Gasteiger partial charge in [0, 0.05) is 12.4 Å². The van der Waals surface area contributed by atoms with E-state index in [1.807, 2.05) is 0 Å². The van der Waals surface area contributed by atoms with Gasteiger partial charge in [0.15, 0.2) is 5.78 Å². The Bertz CT molecular complexity index is 1190. The van der Waals surface area contributed by atoms with Crippen molar-refractivity contribution in [2.45, 2.75) is 50.3 Å². The second-order valence-corrected chi connectivity index (χ2v) is 9.00. The number of Topliss-reactive ketones (excluding diaryl/α,β-unsaturated/α-hetero) is 1. The fourth-order valence-electron chi connectivity index (χ4n) is 3.58. The Morgan fingerprint density at radius 1 is 0.902 bits per heavy atom. The molecule has 41 heavy (non-hydrogen) atoms. The predicted octanol–water partition coefficient (Wildman–Crippen LogP) is 0.624. The van der Waals surface area contributed by atoms with Gasteiger partial charge in [0.1, 0.15) is 23.4 Å². The van der Waals surface area contributed by atoms with Crippen molar-refractivity contribution >= 4 is 23.5 Å². The fourth-order valence-corrected chi connectivity index (χ4v) is 3.58. The number of aromatic nitrogens is 2. The molecule has 2 aromatic rings. The Hall–Kier alpha value is -4.02. The van der Waals surface area contributed by atoms with E-state index in [0.29, 0.717) is 5.56 Å². The van der Waals surface area contributed by atoms with E-state index in [0.717, 1.165) is 6.20 Å². The SMILES string of the molecule is C[C@@]1(C(=O)[C@H](Cc2ccccc2)NC(=O)[C@H](COC(F)F)NC(=O)[C@H](COC(F)F)NC(=O)c2cnccn2)CO1. The topological polar surface area (TPSA) is 161 Å². The third-order valence-corrected chi connectivity index (χ3v) is 5.84. The number of alkyl halides is 4. The quantitative estimate of drug-likeness (QED) is 0.190. The number of carbonyl (C=O) groups excluding carboxylic acids is 4. The van der Waals surface area contributed by atoms with E-state index in [2.05, 4.69) is 35.4 Å². The molecule has 3 rings (SSSR count). The van der Waals surface area contributed by atoms with Gasteiger partial charge in [-0.1, -0.05) is 30.3 Å². The molecule has 0 radical (unpaired) electrons. The monoisotopic (exact) mass is 585 g/mol. The van der Waals surface area contributed by atoms with Gasteiger partial charge >= 0.3 is 13.2 Å². The van der Waals surface area contributed by atoms with Gasteiger partial charge in [0.25, 0.3) is 5.91 Å². The van der Waals surface area contributed by atoms with Crippen LogP contribution in [0.2, 0.25) is 0 Å². The van der Waals surface area contributed by atoms with Crippen LogP contribution < -0.4 is 16.0 Å². The van der Waals surface area contributed by atoms with Gasteiger partial charge in [0.2, 0.25) is 11.8 Å². The summed E-state index contributed by atoms with van der Waals surface area (Å²) in [7, 11) is 0. The third-order valence-electron chi connectivity index (χ3n) is 5.84. The van der Waals surface area contributed by atoms with E-state index < -0.39 is 73.7 Å². The molecule has 0 spiro atoms. The Kier molecular flexibility index (Phi) is 11.2. The maximum Gasteiger partial charge on any atom is 0.345 e. The lowest BCUT2D eigenvalue weighted by Crippen LogP contribution is -2.59. The molecule has 1 fully saturated rings. The molecule has 4 atom stereocenters. The summed E-state index contributed by atoms with van der Waals surface area (Å²) >= 11 is 0. The van der Waals surface area contributed by atoms with Crippen molar-refractivity contribution in [3.63, 3.8) is 0 Å². The summed E-state index contributed by atoms with van der Waals surface area (Å²) < 4.78 is 64.7. The van der Waals surface area contributed by atoms with Crippen LogP contribution in [-0.4, -0.2) is 90.2 Å². The number of ketones is 1. The molecule has 3 amide bonds. The first-order valence-electron chi connectivity index (χ1n) is 12.2. The summed E-state index contributed by atoms with van der Waals surface area (Å²) in [5.41, 5.74) is -0.765. The van der Waals surface area contributed by atoms with Crippen LogP contribution in [0.1, 0.15) is 23.0 Å². The van der Waals surface area contributed by atoms with E-state index >= 15 is 0 Å². The molecule has 222 valence electrons. The predicted molar refractivity (Wildman–Crippen MR) is 131 cm³/mol. The van der Waals surface area contributed by atoms with Crippen LogP contribution in [0.3, 0.4) is 0 Å². The fraction of sp³-hybridized carbons (Fsp3) is 0.440. The molecule has 3 N–H and O–H groups in total. The Labute approximate surface area is 231 Å². The first kappa shape index (κ1) is 31.5. The molecule has 1 aromatic carbocycles. The van der Waals surface area contributed by atoms with Gasteiger partial charge in [-0.25, -0.2) is 4.98 Å². The number of nitrogens with zero attached hydrogens (tertiary/aromatic N) is 2. The molecule has 0 unspecified atom stereocenters. The summed E-state index contributed by atoms with van der Waals surface area (Å²) in [6.07, 6.45) is 3.49. The largest absolute Gasteiger partial charge is 0.361 e. The van der Waals surface area contributed by atoms with Crippen molar-refractivity contribution in [2.75, 3.05) is 19.8 Å². The molecule has 1 aromatic heterocycles. The van der Waals surface area contributed by atoms with Crippen LogP contribution in [0.15, 0.2) is 48.9 Å². The summed E-state index contributed by atoms with van der Waals surface area (Å²) in [5.74, 6) is -3.82. The van der Waals surface area contributed by atoms with Crippen molar-refractivity contribution < 1.29 is 51.0 Å². The smallest absolute Gasteiger partial charge is 0.345 e. The number of epoxide rings is 1. The van der Waals surface area contributed by atoms with Crippen molar-refractivity contribution in [1.29, 1.82) is 0 Å². The average Bonchev–Trinajstić information content (AvgIpc) is 3.71. The van der Waals surface area contributed by atoms with Crippen LogP contribution in [-0.2, 0) is 35.0 Å². The van der Waals surface area contributed by atoms with Gasteiger partial charge in [-0.05, 0) is 18.9 Å². The van der Waals surface area contributed by atoms with Crippen LogP contribution in [0.5, 0.6) is 0 Å². The number of amides is 3. The number of hydrogen-bond acceptors (Lipinski definition) is 9. The second kappa shape index (κ2) is 14.6. The number of halogens is 4. The summed E-state index contributed by atoms with van der Waals surface area (Å²) in [4.78, 5) is 59.1. The summed E-state index contributed by atoms with van der Waals surface area (Å²) in [5, 5.41) is 6.63. The van der Waals surface area contributed by atoms with Gasteiger partial charge in [-0.2, -0.15) is 17.6 Å². The van der Waals surface area contributed by atoms with E-state index in [-0.39, 0.29) is 18.7 Å². The van der Waals surface area contributed by atoms with Crippen molar-refractivity contribution in [3.05, 3.63) is 60.2 Å². The van der Waals surface area contributed by atoms with Crippen LogP contribution >= 0.6 is 0 Å². The zero-order valence-corrected chi connectivity index (χ0v) is 21.6. The molecule has 16 heteroatoms. The van der Waals surface area contributed by atoms with Gasteiger partial charge < -0.3 is 30.2 Å². The normalized spacial score (nSPS) is 18.3. The van der Waals surface area contributed by atoms with Gasteiger partial charge in [0.05, 0.1) is 32.1 Å². The standard InChI is InChI=1S/C25H27F4N5O7/c1-25(13-41-25)19(35)15(9-14-5-3-2-4-6-14)32-21(37)17(11-39-23(26)27)34-22(38)18(12-40-24(28)29)33-20(36)16-10-30-7-8-31-16/h2-8,10,15,17-18,23-24H,9,11-13H2,1H3,(H,32,37)(H,33,36)(H,34,38)/t15-,17-,18-,25-/m0/s1. The zero-order chi connectivity index (χ0) is 30.0.